The van der Waals surface area contributed by atoms with Gasteiger partial charge >= 0.3 is 5.97 Å². The molecule has 0 amide bonds. The van der Waals surface area contributed by atoms with Gasteiger partial charge in [0.1, 0.15) is 11.4 Å². The Hall–Kier alpha value is -2.56. The molecule has 1 aromatic carbocycles. The van der Waals surface area contributed by atoms with Gasteiger partial charge in [-0.1, -0.05) is 30.3 Å². The Morgan fingerprint density at radius 2 is 1.86 bits per heavy atom. The van der Waals surface area contributed by atoms with Gasteiger partial charge in [-0.05, 0) is 17.7 Å². The molecule has 21 heavy (non-hydrogen) atoms. The molecule has 0 fully saturated rings. The molecule has 0 aliphatic heterocycles. The summed E-state index contributed by atoms with van der Waals surface area (Å²) < 4.78 is 9.87. The summed E-state index contributed by atoms with van der Waals surface area (Å²) in [5.41, 5.74) is 1.50. The largest absolute Gasteiger partial charge is 0.480 e. The third-order valence-electron chi connectivity index (χ3n) is 3.10. The summed E-state index contributed by atoms with van der Waals surface area (Å²) in [7, 11) is 4.75. The number of carbonyl (C=O) groups is 1. The van der Waals surface area contributed by atoms with Crippen molar-refractivity contribution < 1.29 is 14.3 Å². The highest BCUT2D eigenvalue weighted by Crippen LogP contribution is 2.22. The van der Waals surface area contributed by atoms with Crippen LogP contribution in [0.25, 0.3) is 0 Å². The summed E-state index contributed by atoms with van der Waals surface area (Å²) in [6, 6.07) is 13.5. The molecule has 0 aliphatic rings. The number of anilines is 1. The number of esters is 1. The zero-order valence-electron chi connectivity index (χ0n) is 12.4. The maximum Gasteiger partial charge on any atom is 0.343 e. The first-order valence-corrected chi connectivity index (χ1v) is 6.54. The fourth-order valence-electron chi connectivity index (χ4n) is 2.00. The van der Waals surface area contributed by atoms with E-state index < -0.39 is 5.97 Å². The van der Waals surface area contributed by atoms with Crippen LogP contribution in [0.3, 0.4) is 0 Å². The van der Waals surface area contributed by atoms with E-state index in [-0.39, 0.29) is 5.88 Å². The highest BCUT2D eigenvalue weighted by Gasteiger charge is 2.16. The van der Waals surface area contributed by atoms with E-state index in [2.05, 4.69) is 17.1 Å². The van der Waals surface area contributed by atoms with Crippen molar-refractivity contribution in [1.29, 1.82) is 0 Å². The smallest absolute Gasteiger partial charge is 0.343 e. The molecule has 2 rings (SSSR count). The fraction of sp³-hybridized carbons (Fsp3) is 0.250. The molecule has 1 heterocycles. The van der Waals surface area contributed by atoms with Gasteiger partial charge in [-0.25, -0.2) is 4.79 Å². The molecule has 0 atom stereocenters. The number of carbonyl (C=O) groups excluding carboxylic acids is 1. The molecule has 0 bridgehead atoms. The minimum atomic E-state index is -0.461. The molecule has 0 saturated heterocycles. The van der Waals surface area contributed by atoms with Gasteiger partial charge < -0.3 is 14.4 Å². The fourth-order valence-corrected chi connectivity index (χ4v) is 2.00. The number of aromatic nitrogens is 1. The lowest BCUT2D eigenvalue weighted by Gasteiger charge is -2.19. The van der Waals surface area contributed by atoms with Gasteiger partial charge in [-0.2, -0.15) is 4.98 Å². The van der Waals surface area contributed by atoms with Crippen molar-refractivity contribution >= 4 is 11.8 Å². The first-order valence-electron chi connectivity index (χ1n) is 6.54. The molecule has 0 radical (unpaired) electrons. The van der Waals surface area contributed by atoms with Gasteiger partial charge in [-0.15, -0.1) is 0 Å². The van der Waals surface area contributed by atoms with Crippen molar-refractivity contribution in [1.82, 2.24) is 4.98 Å². The monoisotopic (exact) mass is 286 g/mol. The normalized spacial score (nSPS) is 10.0. The van der Waals surface area contributed by atoms with E-state index in [4.69, 9.17) is 9.47 Å². The third-order valence-corrected chi connectivity index (χ3v) is 3.10. The molecule has 5 heteroatoms. The SMILES string of the molecule is COC(=O)c1ccc(N(C)Cc2ccccc2)nc1OC. The number of pyridine rings is 1. The summed E-state index contributed by atoms with van der Waals surface area (Å²) in [6.07, 6.45) is 0. The van der Waals surface area contributed by atoms with Crippen LogP contribution in [0.2, 0.25) is 0 Å². The van der Waals surface area contributed by atoms with E-state index in [1.165, 1.54) is 19.8 Å². The average Bonchev–Trinajstić information content (AvgIpc) is 2.54. The van der Waals surface area contributed by atoms with Crippen molar-refractivity contribution in [2.75, 3.05) is 26.2 Å². The molecule has 0 saturated carbocycles. The second kappa shape index (κ2) is 6.74. The van der Waals surface area contributed by atoms with Crippen LogP contribution in [-0.2, 0) is 11.3 Å². The van der Waals surface area contributed by atoms with Crippen LogP contribution in [0.15, 0.2) is 42.5 Å². The van der Waals surface area contributed by atoms with Crippen molar-refractivity contribution in [3.05, 3.63) is 53.6 Å². The van der Waals surface area contributed by atoms with E-state index >= 15 is 0 Å². The zero-order chi connectivity index (χ0) is 15.2. The summed E-state index contributed by atoms with van der Waals surface area (Å²) in [6.45, 7) is 0.717. The van der Waals surface area contributed by atoms with E-state index in [9.17, 15) is 4.79 Å². The summed E-state index contributed by atoms with van der Waals surface area (Å²) in [4.78, 5) is 18.0. The Morgan fingerprint density at radius 1 is 1.14 bits per heavy atom. The van der Waals surface area contributed by atoms with Crippen LogP contribution in [0.4, 0.5) is 5.82 Å². The second-order valence-electron chi connectivity index (χ2n) is 4.56. The molecule has 1 aromatic heterocycles. The van der Waals surface area contributed by atoms with Crippen LogP contribution in [0, 0.1) is 0 Å². The van der Waals surface area contributed by atoms with Crippen molar-refractivity contribution in [3.8, 4) is 5.88 Å². The molecule has 0 unspecified atom stereocenters. The highest BCUT2D eigenvalue weighted by atomic mass is 16.5. The lowest BCUT2D eigenvalue weighted by molar-refractivity contribution is 0.0596. The predicted octanol–water partition coefficient (Wildman–Crippen LogP) is 2.51. The first-order chi connectivity index (χ1) is 10.2. The molecule has 0 N–H and O–H groups in total. The number of rotatable bonds is 5. The average molecular weight is 286 g/mol. The van der Waals surface area contributed by atoms with Crippen molar-refractivity contribution in [2.45, 2.75) is 6.54 Å². The number of nitrogens with zero attached hydrogens (tertiary/aromatic N) is 2. The van der Waals surface area contributed by atoms with Gasteiger partial charge in [-0.3, -0.25) is 0 Å². The quantitative estimate of drug-likeness (QED) is 0.790. The topological polar surface area (TPSA) is 51.7 Å². The van der Waals surface area contributed by atoms with Gasteiger partial charge in [0.2, 0.25) is 5.88 Å². The van der Waals surface area contributed by atoms with Gasteiger partial charge in [0, 0.05) is 13.6 Å². The van der Waals surface area contributed by atoms with Crippen molar-refractivity contribution in [2.24, 2.45) is 0 Å². The van der Waals surface area contributed by atoms with E-state index in [1.54, 1.807) is 12.1 Å². The lowest BCUT2D eigenvalue weighted by Crippen LogP contribution is -2.18. The Balaban J connectivity index is 2.22. The van der Waals surface area contributed by atoms with E-state index in [0.29, 0.717) is 12.1 Å². The molecular formula is C16H18N2O3. The Labute approximate surface area is 124 Å². The Kier molecular flexibility index (Phi) is 4.77. The third kappa shape index (κ3) is 3.51. The minimum absolute atomic E-state index is 0.263. The van der Waals surface area contributed by atoms with Crippen LogP contribution >= 0.6 is 0 Å². The standard InChI is InChI=1S/C16H18N2O3/c1-18(11-12-7-5-4-6-8-12)14-10-9-13(16(19)21-3)15(17-14)20-2/h4-10H,11H2,1-3H3. The van der Waals surface area contributed by atoms with Crippen LogP contribution in [-0.4, -0.2) is 32.2 Å². The Morgan fingerprint density at radius 3 is 2.48 bits per heavy atom. The maximum absolute atomic E-state index is 11.6. The summed E-state index contributed by atoms with van der Waals surface area (Å²) >= 11 is 0. The van der Waals surface area contributed by atoms with Gasteiger partial charge in [0.15, 0.2) is 0 Å². The molecule has 0 aliphatic carbocycles. The number of methoxy groups -OCH3 is 2. The highest BCUT2D eigenvalue weighted by molar-refractivity contribution is 5.92. The minimum Gasteiger partial charge on any atom is -0.480 e. The maximum atomic E-state index is 11.6. The molecule has 2 aromatic rings. The predicted molar refractivity (Wildman–Crippen MR) is 80.7 cm³/mol. The number of ether oxygens (including phenoxy) is 2. The first kappa shape index (κ1) is 14.8. The lowest BCUT2D eigenvalue weighted by atomic mass is 10.2. The molecular weight excluding hydrogens is 268 g/mol. The summed E-state index contributed by atoms with van der Waals surface area (Å²) in [5.74, 6) is 0.527. The number of benzene rings is 1. The zero-order valence-corrected chi connectivity index (χ0v) is 12.4. The van der Waals surface area contributed by atoms with Crippen LogP contribution < -0.4 is 9.64 Å². The molecule has 0 spiro atoms. The van der Waals surface area contributed by atoms with Crippen LogP contribution in [0.1, 0.15) is 15.9 Å². The Bertz CT molecular complexity index is 614. The second-order valence-corrected chi connectivity index (χ2v) is 4.56. The summed E-state index contributed by atoms with van der Waals surface area (Å²) in [5, 5.41) is 0. The van der Waals surface area contributed by atoms with Crippen LogP contribution in [0.5, 0.6) is 5.88 Å². The van der Waals surface area contributed by atoms with E-state index in [1.807, 2.05) is 30.1 Å². The van der Waals surface area contributed by atoms with Crippen molar-refractivity contribution in [3.63, 3.8) is 0 Å². The number of hydrogen-bond acceptors (Lipinski definition) is 5. The number of hydrogen-bond donors (Lipinski definition) is 0. The molecule has 110 valence electrons. The van der Waals surface area contributed by atoms with E-state index in [0.717, 1.165) is 5.82 Å². The molecule has 5 nitrogen and oxygen atoms in total. The van der Waals surface area contributed by atoms with Gasteiger partial charge in [0.25, 0.3) is 0 Å². The van der Waals surface area contributed by atoms with Gasteiger partial charge in [0.05, 0.1) is 14.2 Å².